The number of thiazole rings is 2. The number of nitrogens with zero attached hydrogens (tertiary/aromatic N) is 4. The number of anilines is 2. The Hall–Kier alpha value is -4.12. The Kier molecular flexibility index (Phi) is 6.64. The van der Waals surface area contributed by atoms with Crippen molar-refractivity contribution in [2.45, 2.75) is 4.90 Å². The molecule has 0 aliphatic rings. The van der Waals surface area contributed by atoms with Crippen LogP contribution in [0.1, 0.15) is 5.01 Å². The van der Waals surface area contributed by atoms with E-state index in [1.807, 2.05) is 0 Å². The molecule has 0 saturated heterocycles. The van der Waals surface area contributed by atoms with Gasteiger partial charge in [0.2, 0.25) is 0 Å². The van der Waals surface area contributed by atoms with Crippen LogP contribution in [0.5, 0.6) is 0 Å². The van der Waals surface area contributed by atoms with Crippen LogP contribution in [0, 0.1) is 21.4 Å². The maximum absolute atomic E-state index is 12.4. The quantitative estimate of drug-likeness (QED) is 0.192. The summed E-state index contributed by atoms with van der Waals surface area (Å²) in [6, 6.07) is 14.2. The van der Waals surface area contributed by atoms with E-state index in [1.54, 1.807) is 35.0 Å². The first-order valence-electron chi connectivity index (χ1n) is 9.45. The SMILES string of the molecule is N#C/C(=C\Nc1ccc(S(=O)(=O)Nc2nccs2)cc1)c1nc(-c2cccc([N+](=O)[O-])c2)cs1. The minimum absolute atomic E-state index is 0.0444. The van der Waals surface area contributed by atoms with E-state index in [1.165, 1.54) is 59.3 Å². The Labute approximate surface area is 202 Å². The highest BCUT2D eigenvalue weighted by atomic mass is 32.2. The molecule has 4 aromatic rings. The fourth-order valence-electron chi connectivity index (χ4n) is 2.78. The van der Waals surface area contributed by atoms with Gasteiger partial charge in [-0.05, 0) is 24.3 Å². The van der Waals surface area contributed by atoms with E-state index in [9.17, 15) is 23.8 Å². The van der Waals surface area contributed by atoms with Crippen LogP contribution in [0.4, 0.5) is 16.5 Å². The van der Waals surface area contributed by atoms with E-state index in [-0.39, 0.29) is 21.3 Å². The van der Waals surface area contributed by atoms with Gasteiger partial charge in [-0.25, -0.2) is 18.4 Å². The average Bonchev–Trinajstić information content (AvgIpc) is 3.52. The molecule has 34 heavy (non-hydrogen) atoms. The van der Waals surface area contributed by atoms with Crippen LogP contribution in [-0.2, 0) is 10.0 Å². The molecule has 4 rings (SSSR count). The van der Waals surface area contributed by atoms with Gasteiger partial charge in [-0.2, -0.15) is 5.26 Å². The largest absolute Gasteiger partial charge is 0.360 e. The Morgan fingerprint density at radius 3 is 2.65 bits per heavy atom. The highest BCUT2D eigenvalue weighted by Crippen LogP contribution is 2.28. The monoisotopic (exact) mass is 510 g/mol. The first-order chi connectivity index (χ1) is 16.4. The molecule has 2 aromatic heterocycles. The number of rotatable bonds is 8. The zero-order valence-corrected chi connectivity index (χ0v) is 19.5. The van der Waals surface area contributed by atoms with Crippen LogP contribution in [0.25, 0.3) is 16.8 Å². The number of aromatic nitrogens is 2. The number of benzene rings is 2. The predicted octanol–water partition coefficient (Wildman–Crippen LogP) is 4.95. The molecule has 0 radical (unpaired) electrons. The Morgan fingerprint density at radius 2 is 1.97 bits per heavy atom. The van der Waals surface area contributed by atoms with Gasteiger partial charge in [0.05, 0.1) is 15.5 Å². The van der Waals surface area contributed by atoms with Crippen molar-refractivity contribution in [3.05, 3.63) is 86.8 Å². The molecule has 0 saturated carbocycles. The molecule has 0 aliphatic heterocycles. The fraction of sp³-hybridized carbons (Fsp3) is 0. The molecule has 10 nitrogen and oxygen atoms in total. The van der Waals surface area contributed by atoms with Gasteiger partial charge < -0.3 is 5.32 Å². The lowest BCUT2D eigenvalue weighted by atomic mass is 10.1. The Balaban J connectivity index is 1.48. The first kappa shape index (κ1) is 23.1. The van der Waals surface area contributed by atoms with Gasteiger partial charge in [-0.3, -0.25) is 14.8 Å². The summed E-state index contributed by atoms with van der Waals surface area (Å²) >= 11 is 2.40. The van der Waals surface area contributed by atoms with E-state index < -0.39 is 14.9 Å². The molecular formula is C21H14N6O4S3. The summed E-state index contributed by atoms with van der Waals surface area (Å²) in [5, 5.41) is 27.6. The van der Waals surface area contributed by atoms with Crippen molar-refractivity contribution >= 4 is 54.8 Å². The van der Waals surface area contributed by atoms with Gasteiger partial charge in [0, 0.05) is 46.5 Å². The number of nitro benzene ring substituents is 1. The first-order valence-corrected chi connectivity index (χ1v) is 12.7. The summed E-state index contributed by atoms with van der Waals surface area (Å²) in [5.74, 6) is 0. The number of hydrogen-bond donors (Lipinski definition) is 2. The topological polar surface area (TPSA) is 151 Å². The Morgan fingerprint density at radius 1 is 1.18 bits per heavy atom. The molecule has 2 heterocycles. The van der Waals surface area contributed by atoms with E-state index >= 15 is 0 Å². The lowest BCUT2D eigenvalue weighted by Gasteiger charge is -2.06. The van der Waals surface area contributed by atoms with E-state index in [2.05, 4.69) is 26.1 Å². The van der Waals surface area contributed by atoms with Crippen molar-refractivity contribution in [2.24, 2.45) is 0 Å². The summed E-state index contributed by atoms with van der Waals surface area (Å²) in [6.07, 6.45) is 2.97. The van der Waals surface area contributed by atoms with Gasteiger partial charge in [0.25, 0.3) is 15.7 Å². The molecule has 0 unspecified atom stereocenters. The van der Waals surface area contributed by atoms with Crippen LogP contribution >= 0.6 is 22.7 Å². The van der Waals surface area contributed by atoms with Crippen molar-refractivity contribution in [3.8, 4) is 17.3 Å². The lowest BCUT2D eigenvalue weighted by molar-refractivity contribution is -0.384. The van der Waals surface area contributed by atoms with Gasteiger partial charge in [0.1, 0.15) is 16.6 Å². The second-order valence-corrected chi connectivity index (χ2v) is 10.1. The molecule has 170 valence electrons. The van der Waals surface area contributed by atoms with Crippen LogP contribution < -0.4 is 10.0 Å². The summed E-state index contributed by atoms with van der Waals surface area (Å²) < 4.78 is 27.2. The average molecular weight is 511 g/mol. The highest BCUT2D eigenvalue weighted by Gasteiger charge is 2.15. The maximum Gasteiger partial charge on any atom is 0.270 e. The lowest BCUT2D eigenvalue weighted by Crippen LogP contribution is -2.12. The molecule has 2 N–H and O–H groups in total. The fourth-order valence-corrected chi connectivity index (χ4v) is 5.37. The standard InChI is InChI=1S/C21H14N6O4S3/c22-11-15(20-25-19(13-33-20)14-2-1-3-17(10-14)27(28)29)12-24-16-4-6-18(7-5-16)34(30,31)26-21-23-8-9-32-21/h1-10,12-13,24H,(H,23,26)/b15-12+. The van der Waals surface area contributed by atoms with Crippen molar-refractivity contribution in [1.29, 1.82) is 5.26 Å². The second-order valence-electron chi connectivity index (χ2n) is 6.63. The van der Waals surface area contributed by atoms with Crippen molar-refractivity contribution in [3.63, 3.8) is 0 Å². The minimum atomic E-state index is -3.76. The van der Waals surface area contributed by atoms with Crippen LogP contribution in [0.2, 0.25) is 0 Å². The summed E-state index contributed by atoms with van der Waals surface area (Å²) in [7, 11) is -3.76. The van der Waals surface area contributed by atoms with Crippen LogP contribution in [0.15, 0.2) is 76.6 Å². The Bertz CT molecular complexity index is 1500. The van der Waals surface area contributed by atoms with Crippen molar-refractivity contribution in [1.82, 2.24) is 9.97 Å². The third-order valence-electron chi connectivity index (χ3n) is 4.41. The number of nitrogens with one attached hydrogen (secondary N) is 2. The van der Waals surface area contributed by atoms with Gasteiger partial charge >= 0.3 is 0 Å². The van der Waals surface area contributed by atoms with Crippen molar-refractivity contribution in [2.75, 3.05) is 10.0 Å². The number of hydrogen-bond acceptors (Lipinski definition) is 10. The molecule has 0 aliphatic carbocycles. The van der Waals surface area contributed by atoms with E-state index in [0.29, 0.717) is 22.0 Å². The molecule has 0 amide bonds. The van der Waals surface area contributed by atoms with Crippen LogP contribution in [0.3, 0.4) is 0 Å². The third kappa shape index (κ3) is 5.26. The summed E-state index contributed by atoms with van der Waals surface area (Å²) in [5.41, 5.74) is 1.87. The van der Waals surface area contributed by atoms with Gasteiger partial charge in [-0.1, -0.05) is 12.1 Å². The highest BCUT2D eigenvalue weighted by molar-refractivity contribution is 7.93. The van der Waals surface area contributed by atoms with E-state index in [0.717, 1.165) is 0 Å². The number of nitro groups is 1. The smallest absolute Gasteiger partial charge is 0.270 e. The van der Waals surface area contributed by atoms with E-state index in [4.69, 9.17) is 0 Å². The summed E-state index contributed by atoms with van der Waals surface area (Å²) in [6.45, 7) is 0. The van der Waals surface area contributed by atoms with Gasteiger partial charge in [0.15, 0.2) is 5.13 Å². The summed E-state index contributed by atoms with van der Waals surface area (Å²) in [4.78, 5) is 18.9. The molecule has 0 fully saturated rings. The number of nitriles is 1. The molecule has 2 aromatic carbocycles. The van der Waals surface area contributed by atoms with Crippen molar-refractivity contribution < 1.29 is 13.3 Å². The maximum atomic E-state index is 12.4. The molecule has 0 atom stereocenters. The number of sulfonamides is 1. The zero-order valence-electron chi connectivity index (χ0n) is 17.1. The molecule has 13 heteroatoms. The molecular weight excluding hydrogens is 496 g/mol. The zero-order chi connectivity index (χ0) is 24.1. The normalized spacial score (nSPS) is 11.6. The third-order valence-corrected chi connectivity index (χ3v) is 7.46. The van der Waals surface area contributed by atoms with Crippen LogP contribution in [-0.4, -0.2) is 23.3 Å². The number of non-ortho nitro benzene ring substituents is 1. The molecule has 0 spiro atoms. The minimum Gasteiger partial charge on any atom is -0.360 e. The second kappa shape index (κ2) is 9.79. The number of allylic oxidation sites excluding steroid dienone is 1. The predicted molar refractivity (Wildman–Crippen MR) is 131 cm³/mol. The van der Waals surface area contributed by atoms with Gasteiger partial charge in [-0.15, -0.1) is 22.7 Å². The molecule has 0 bridgehead atoms.